The first-order valence-electron chi connectivity index (χ1n) is 8.84. The molecule has 2 amide bonds. The normalized spacial score (nSPS) is 10.3. The van der Waals surface area contributed by atoms with Crippen LogP contribution in [-0.4, -0.2) is 37.5 Å². The molecule has 0 fully saturated rings. The molecule has 2 rings (SSSR count). The summed E-state index contributed by atoms with van der Waals surface area (Å²) in [5, 5.41) is 2.76. The molecule has 0 aliphatic heterocycles. The average molecular weight is 384 g/mol. The monoisotopic (exact) mass is 384 g/mol. The fourth-order valence-electron chi connectivity index (χ4n) is 2.62. The van der Waals surface area contributed by atoms with Crippen LogP contribution in [-0.2, 0) is 14.3 Å². The second kappa shape index (κ2) is 9.55. The van der Waals surface area contributed by atoms with Crippen LogP contribution < -0.4 is 15.0 Å². The van der Waals surface area contributed by atoms with Crippen molar-refractivity contribution in [2.45, 2.75) is 26.9 Å². The van der Waals surface area contributed by atoms with Gasteiger partial charge in [0.1, 0.15) is 12.3 Å². The molecule has 0 bridgehead atoms. The molecule has 2 aromatic rings. The van der Waals surface area contributed by atoms with Gasteiger partial charge >= 0.3 is 5.97 Å². The Bertz CT molecular complexity index is 863. The summed E-state index contributed by atoms with van der Waals surface area (Å²) in [6, 6.07) is 13.5. The van der Waals surface area contributed by atoms with E-state index in [4.69, 9.17) is 9.47 Å². The number of anilines is 2. The van der Waals surface area contributed by atoms with Crippen LogP contribution in [0.3, 0.4) is 0 Å². The number of carbonyl (C=O) groups excluding carboxylic acids is 3. The predicted octanol–water partition coefficient (Wildman–Crippen LogP) is 3.25. The Hall–Kier alpha value is -3.35. The number of ether oxygens (including phenoxy) is 2. The summed E-state index contributed by atoms with van der Waals surface area (Å²) in [5.74, 6) is -0.846. The Labute approximate surface area is 164 Å². The summed E-state index contributed by atoms with van der Waals surface area (Å²) in [7, 11) is 1.26. The number of para-hydroxylation sites is 3. The minimum atomic E-state index is -0.585. The Morgan fingerprint density at radius 3 is 2.32 bits per heavy atom. The lowest BCUT2D eigenvalue weighted by Crippen LogP contribution is -2.37. The van der Waals surface area contributed by atoms with Gasteiger partial charge in [0.05, 0.1) is 30.2 Å². The second-order valence-electron chi connectivity index (χ2n) is 6.32. The summed E-state index contributed by atoms with van der Waals surface area (Å²) >= 11 is 0. The molecule has 7 heteroatoms. The number of benzene rings is 2. The quantitative estimate of drug-likeness (QED) is 0.741. The third-order valence-corrected chi connectivity index (χ3v) is 3.81. The van der Waals surface area contributed by atoms with Crippen LogP contribution in [0.25, 0.3) is 0 Å². The third kappa shape index (κ3) is 5.33. The number of esters is 1. The molecule has 0 aromatic heterocycles. The van der Waals surface area contributed by atoms with Gasteiger partial charge in [0.25, 0.3) is 0 Å². The molecule has 0 atom stereocenters. The van der Waals surface area contributed by atoms with E-state index in [9.17, 15) is 14.4 Å². The molecule has 0 saturated carbocycles. The highest BCUT2D eigenvalue weighted by atomic mass is 16.5. The van der Waals surface area contributed by atoms with Crippen molar-refractivity contribution in [1.29, 1.82) is 0 Å². The predicted molar refractivity (Wildman–Crippen MR) is 107 cm³/mol. The van der Waals surface area contributed by atoms with E-state index in [1.807, 2.05) is 19.9 Å². The standard InChI is InChI=1S/C21H24N2O5/c1-14(2)28-19-12-8-6-10-17(19)22-20(25)13-23(15(3)24)18-11-7-5-9-16(18)21(26)27-4/h5-12,14H,13H2,1-4H3,(H,22,25). The highest BCUT2D eigenvalue weighted by Crippen LogP contribution is 2.26. The zero-order chi connectivity index (χ0) is 20.7. The Morgan fingerprint density at radius 1 is 1.04 bits per heavy atom. The zero-order valence-corrected chi connectivity index (χ0v) is 16.4. The smallest absolute Gasteiger partial charge is 0.339 e. The Kier molecular flexibility index (Phi) is 7.14. The zero-order valence-electron chi connectivity index (χ0n) is 16.4. The number of nitrogens with one attached hydrogen (secondary N) is 1. The van der Waals surface area contributed by atoms with Crippen LogP contribution >= 0.6 is 0 Å². The average Bonchev–Trinajstić information content (AvgIpc) is 2.66. The number of amides is 2. The van der Waals surface area contributed by atoms with Gasteiger partial charge in [-0.3, -0.25) is 9.59 Å². The fourth-order valence-corrected chi connectivity index (χ4v) is 2.62. The molecule has 2 aromatic carbocycles. The number of hydrogen-bond acceptors (Lipinski definition) is 5. The van der Waals surface area contributed by atoms with Gasteiger partial charge in [-0.05, 0) is 38.1 Å². The molecule has 0 aliphatic carbocycles. The largest absolute Gasteiger partial charge is 0.489 e. The molecule has 28 heavy (non-hydrogen) atoms. The van der Waals surface area contributed by atoms with Gasteiger partial charge in [-0.2, -0.15) is 0 Å². The lowest BCUT2D eigenvalue weighted by atomic mass is 10.1. The molecule has 7 nitrogen and oxygen atoms in total. The van der Waals surface area contributed by atoms with Crippen LogP contribution in [0.2, 0.25) is 0 Å². The van der Waals surface area contributed by atoms with Gasteiger partial charge in [-0.1, -0.05) is 24.3 Å². The van der Waals surface area contributed by atoms with Gasteiger partial charge in [0.2, 0.25) is 11.8 Å². The van der Waals surface area contributed by atoms with Crippen molar-refractivity contribution in [3.05, 3.63) is 54.1 Å². The minimum Gasteiger partial charge on any atom is -0.489 e. The van der Waals surface area contributed by atoms with E-state index in [-0.39, 0.29) is 24.1 Å². The van der Waals surface area contributed by atoms with E-state index < -0.39 is 11.9 Å². The van der Waals surface area contributed by atoms with Crippen molar-refractivity contribution in [3.8, 4) is 5.75 Å². The second-order valence-corrected chi connectivity index (χ2v) is 6.32. The number of rotatable bonds is 7. The number of methoxy groups -OCH3 is 1. The first-order valence-corrected chi connectivity index (χ1v) is 8.84. The van der Waals surface area contributed by atoms with Crippen molar-refractivity contribution in [1.82, 2.24) is 0 Å². The summed E-state index contributed by atoms with van der Waals surface area (Å²) < 4.78 is 10.5. The molecule has 0 saturated heterocycles. The van der Waals surface area contributed by atoms with Gasteiger partial charge in [0.15, 0.2) is 0 Å². The van der Waals surface area contributed by atoms with Crippen LogP contribution in [0.1, 0.15) is 31.1 Å². The molecule has 0 heterocycles. The van der Waals surface area contributed by atoms with E-state index in [2.05, 4.69) is 5.32 Å². The van der Waals surface area contributed by atoms with E-state index >= 15 is 0 Å². The topological polar surface area (TPSA) is 84.9 Å². The summed E-state index contributed by atoms with van der Waals surface area (Å²) in [5.41, 5.74) is 1.02. The van der Waals surface area contributed by atoms with E-state index in [1.165, 1.54) is 18.9 Å². The molecule has 1 N–H and O–H groups in total. The minimum absolute atomic E-state index is 0.0568. The van der Waals surface area contributed by atoms with Gasteiger partial charge < -0.3 is 19.7 Å². The first-order chi connectivity index (χ1) is 13.3. The van der Waals surface area contributed by atoms with Crippen molar-refractivity contribution < 1.29 is 23.9 Å². The number of carbonyl (C=O) groups is 3. The Balaban J connectivity index is 2.24. The SMILES string of the molecule is COC(=O)c1ccccc1N(CC(=O)Nc1ccccc1OC(C)C)C(C)=O. The maximum absolute atomic E-state index is 12.6. The van der Waals surface area contributed by atoms with Crippen molar-refractivity contribution in [3.63, 3.8) is 0 Å². The highest BCUT2D eigenvalue weighted by Gasteiger charge is 2.22. The van der Waals surface area contributed by atoms with E-state index in [0.717, 1.165) is 0 Å². The van der Waals surface area contributed by atoms with Crippen LogP contribution in [0.5, 0.6) is 5.75 Å². The van der Waals surface area contributed by atoms with Gasteiger partial charge in [-0.25, -0.2) is 4.79 Å². The maximum Gasteiger partial charge on any atom is 0.339 e. The number of nitrogens with zero attached hydrogens (tertiary/aromatic N) is 1. The highest BCUT2D eigenvalue weighted by molar-refractivity contribution is 6.06. The molecule has 0 aliphatic rings. The molecule has 0 unspecified atom stereocenters. The fraction of sp³-hybridized carbons (Fsp3) is 0.286. The molecule has 148 valence electrons. The van der Waals surface area contributed by atoms with Gasteiger partial charge in [-0.15, -0.1) is 0 Å². The van der Waals surface area contributed by atoms with Crippen molar-refractivity contribution >= 4 is 29.2 Å². The first kappa shape index (κ1) is 21.0. The maximum atomic E-state index is 12.6. The van der Waals surface area contributed by atoms with Crippen molar-refractivity contribution in [2.75, 3.05) is 23.9 Å². The lowest BCUT2D eigenvalue weighted by Gasteiger charge is -2.23. The summed E-state index contributed by atoms with van der Waals surface area (Å²) in [4.78, 5) is 38.0. The molecular formula is C21H24N2O5. The molecule has 0 radical (unpaired) electrons. The Morgan fingerprint density at radius 2 is 1.68 bits per heavy atom. The number of hydrogen-bond donors (Lipinski definition) is 1. The van der Waals surface area contributed by atoms with Crippen LogP contribution in [0, 0.1) is 0 Å². The van der Waals surface area contributed by atoms with E-state index in [1.54, 1.807) is 42.5 Å². The van der Waals surface area contributed by atoms with Gasteiger partial charge in [0, 0.05) is 6.92 Å². The summed E-state index contributed by atoms with van der Waals surface area (Å²) in [6.45, 7) is 4.84. The van der Waals surface area contributed by atoms with Crippen LogP contribution in [0.15, 0.2) is 48.5 Å². The third-order valence-electron chi connectivity index (χ3n) is 3.81. The summed E-state index contributed by atoms with van der Waals surface area (Å²) in [6.07, 6.45) is -0.0568. The van der Waals surface area contributed by atoms with E-state index in [0.29, 0.717) is 17.1 Å². The molecule has 0 spiro atoms. The molecular weight excluding hydrogens is 360 g/mol. The lowest BCUT2D eigenvalue weighted by molar-refractivity contribution is -0.120. The van der Waals surface area contributed by atoms with Crippen molar-refractivity contribution in [2.24, 2.45) is 0 Å². The van der Waals surface area contributed by atoms with Crippen LogP contribution in [0.4, 0.5) is 11.4 Å².